The molecule has 1 heterocycles. The number of rotatable bonds is 5. The molecular weight excluding hydrogens is 194 g/mol. The van der Waals surface area contributed by atoms with Crippen molar-refractivity contribution in [1.29, 1.82) is 0 Å². The third kappa shape index (κ3) is 3.81. The monoisotopic (exact) mass is 215 g/mol. The average Bonchev–Trinajstić information content (AvgIpc) is 2.50. The van der Waals surface area contributed by atoms with Crippen molar-refractivity contribution in [2.24, 2.45) is 5.73 Å². The van der Waals surface area contributed by atoms with Gasteiger partial charge in [-0.15, -0.1) is 0 Å². The van der Waals surface area contributed by atoms with Crippen LogP contribution >= 0.6 is 0 Å². The van der Waals surface area contributed by atoms with E-state index in [1.54, 1.807) is 0 Å². The van der Waals surface area contributed by atoms with Crippen molar-refractivity contribution in [3.63, 3.8) is 0 Å². The lowest BCUT2D eigenvalue weighted by Gasteiger charge is -2.27. The summed E-state index contributed by atoms with van der Waals surface area (Å²) in [4.78, 5) is 0. The van der Waals surface area contributed by atoms with Crippen LogP contribution in [-0.4, -0.2) is 31.1 Å². The Hall–Kier alpha value is -0.580. The molecule has 0 radical (unpaired) electrons. The third-order valence-electron chi connectivity index (χ3n) is 2.29. The van der Waals surface area contributed by atoms with E-state index in [4.69, 9.17) is 19.9 Å². The zero-order chi connectivity index (χ0) is 11.5. The van der Waals surface area contributed by atoms with Crippen LogP contribution in [-0.2, 0) is 14.2 Å². The Kier molecular flexibility index (Phi) is 4.13. The van der Waals surface area contributed by atoms with Crippen LogP contribution in [0.25, 0.3) is 0 Å². The smallest absolute Gasteiger partial charge is 0.167 e. The first-order valence-electron chi connectivity index (χ1n) is 5.32. The molecule has 2 N–H and O–H groups in total. The minimum Gasteiger partial charge on any atom is -0.494 e. The van der Waals surface area contributed by atoms with Crippen molar-refractivity contribution in [3.05, 3.63) is 12.3 Å². The topological polar surface area (TPSA) is 53.7 Å². The first kappa shape index (κ1) is 12.5. The lowest BCUT2D eigenvalue weighted by molar-refractivity contribution is -0.149. The Morgan fingerprint density at radius 1 is 1.47 bits per heavy atom. The van der Waals surface area contributed by atoms with E-state index < -0.39 is 5.79 Å². The van der Waals surface area contributed by atoms with Crippen molar-refractivity contribution in [1.82, 2.24) is 0 Å². The maximum atomic E-state index is 5.95. The highest BCUT2D eigenvalue weighted by Gasteiger charge is 2.34. The van der Waals surface area contributed by atoms with Crippen molar-refractivity contribution in [3.8, 4) is 0 Å². The minimum atomic E-state index is -0.581. The molecule has 1 atom stereocenters. The normalized spacial score (nSPS) is 21.7. The second-order valence-electron chi connectivity index (χ2n) is 4.27. The Bertz CT molecular complexity index is 222. The van der Waals surface area contributed by atoms with Crippen LogP contribution in [0.15, 0.2) is 12.3 Å². The summed E-state index contributed by atoms with van der Waals surface area (Å²) in [7, 11) is 0. The third-order valence-corrected chi connectivity index (χ3v) is 2.29. The lowest BCUT2D eigenvalue weighted by Crippen LogP contribution is -2.37. The van der Waals surface area contributed by atoms with Gasteiger partial charge in [-0.2, -0.15) is 0 Å². The van der Waals surface area contributed by atoms with E-state index in [1.807, 2.05) is 20.8 Å². The molecule has 0 spiro atoms. The highest BCUT2D eigenvalue weighted by Crippen LogP contribution is 2.25. The van der Waals surface area contributed by atoms with Gasteiger partial charge in [0.15, 0.2) is 5.79 Å². The predicted octanol–water partition coefficient (Wildman–Crippen LogP) is 1.41. The molecular formula is C11H21NO3. The molecule has 1 rings (SSSR count). The summed E-state index contributed by atoms with van der Waals surface area (Å²) in [6, 6.07) is -0.254. The molecule has 0 aromatic heterocycles. The maximum Gasteiger partial charge on any atom is 0.167 e. The molecule has 15 heavy (non-hydrogen) atoms. The molecule has 4 nitrogen and oxygen atoms in total. The summed E-state index contributed by atoms with van der Waals surface area (Å²) in [6.45, 7) is 10.8. The van der Waals surface area contributed by atoms with Gasteiger partial charge in [-0.25, -0.2) is 0 Å². The summed E-state index contributed by atoms with van der Waals surface area (Å²) in [5.41, 5.74) is 5.95. The highest BCUT2D eigenvalue weighted by molar-refractivity contribution is 4.98. The second-order valence-corrected chi connectivity index (χ2v) is 4.27. The number of ether oxygens (including phenoxy) is 3. The Morgan fingerprint density at radius 3 is 2.47 bits per heavy atom. The lowest BCUT2D eigenvalue weighted by atomic mass is 10.1. The van der Waals surface area contributed by atoms with Crippen LogP contribution < -0.4 is 5.73 Å². The average molecular weight is 215 g/mol. The zero-order valence-corrected chi connectivity index (χ0v) is 9.79. The summed E-state index contributed by atoms with van der Waals surface area (Å²) < 4.78 is 16.4. The molecule has 4 heteroatoms. The van der Waals surface area contributed by atoms with Crippen LogP contribution in [0.3, 0.4) is 0 Å². The predicted molar refractivity (Wildman–Crippen MR) is 58.3 cm³/mol. The van der Waals surface area contributed by atoms with E-state index in [-0.39, 0.29) is 12.1 Å². The molecule has 88 valence electrons. The molecule has 0 amide bonds. The van der Waals surface area contributed by atoms with Crippen LogP contribution in [0.1, 0.15) is 27.2 Å². The standard InChI is InChI=1S/C11H21NO3/c1-8(2)15-9(3)10(12)7-11(4)13-5-6-14-11/h8,10H,3,5-7,12H2,1-2,4H3. The quantitative estimate of drug-likeness (QED) is 0.704. The largest absolute Gasteiger partial charge is 0.494 e. The molecule has 1 fully saturated rings. The molecule has 0 aromatic rings. The van der Waals surface area contributed by atoms with Gasteiger partial charge in [-0.3, -0.25) is 0 Å². The minimum absolute atomic E-state index is 0.0989. The van der Waals surface area contributed by atoms with E-state index in [0.29, 0.717) is 25.4 Å². The molecule has 0 aliphatic carbocycles. The Balaban J connectivity index is 2.40. The molecule has 0 aromatic carbocycles. The number of nitrogens with two attached hydrogens (primary N) is 1. The van der Waals surface area contributed by atoms with Crippen LogP contribution in [0.5, 0.6) is 0 Å². The van der Waals surface area contributed by atoms with Crippen molar-refractivity contribution in [2.45, 2.75) is 45.1 Å². The Labute approximate surface area is 91.4 Å². The number of hydrogen-bond donors (Lipinski definition) is 1. The van der Waals surface area contributed by atoms with E-state index in [9.17, 15) is 0 Å². The maximum absolute atomic E-state index is 5.95. The molecule has 1 aliphatic heterocycles. The fourth-order valence-electron chi connectivity index (χ4n) is 1.58. The van der Waals surface area contributed by atoms with Gasteiger partial charge in [0.1, 0.15) is 5.76 Å². The van der Waals surface area contributed by atoms with Crippen molar-refractivity contribution < 1.29 is 14.2 Å². The van der Waals surface area contributed by atoms with E-state index >= 15 is 0 Å². The zero-order valence-electron chi connectivity index (χ0n) is 9.79. The molecule has 0 bridgehead atoms. The van der Waals surface area contributed by atoms with Gasteiger partial charge in [-0.1, -0.05) is 6.58 Å². The van der Waals surface area contributed by atoms with Gasteiger partial charge < -0.3 is 19.9 Å². The first-order chi connectivity index (χ1) is 6.93. The fourth-order valence-corrected chi connectivity index (χ4v) is 1.58. The van der Waals surface area contributed by atoms with Gasteiger partial charge in [0.2, 0.25) is 0 Å². The van der Waals surface area contributed by atoms with Gasteiger partial charge >= 0.3 is 0 Å². The van der Waals surface area contributed by atoms with Gasteiger partial charge in [0, 0.05) is 6.42 Å². The van der Waals surface area contributed by atoms with Crippen molar-refractivity contribution in [2.75, 3.05) is 13.2 Å². The number of hydrogen-bond acceptors (Lipinski definition) is 4. The first-order valence-corrected chi connectivity index (χ1v) is 5.32. The van der Waals surface area contributed by atoms with E-state index in [0.717, 1.165) is 0 Å². The Morgan fingerprint density at radius 2 is 2.00 bits per heavy atom. The molecule has 1 saturated heterocycles. The van der Waals surface area contributed by atoms with Crippen molar-refractivity contribution >= 4 is 0 Å². The van der Waals surface area contributed by atoms with Crippen LogP contribution in [0.2, 0.25) is 0 Å². The molecule has 0 saturated carbocycles. The van der Waals surface area contributed by atoms with E-state index in [1.165, 1.54) is 0 Å². The van der Waals surface area contributed by atoms with Crippen LogP contribution in [0, 0.1) is 0 Å². The van der Waals surface area contributed by atoms with E-state index in [2.05, 4.69) is 6.58 Å². The summed E-state index contributed by atoms with van der Waals surface area (Å²) >= 11 is 0. The van der Waals surface area contributed by atoms with Gasteiger partial charge in [0.25, 0.3) is 0 Å². The van der Waals surface area contributed by atoms with Gasteiger partial charge in [-0.05, 0) is 20.8 Å². The highest BCUT2D eigenvalue weighted by atomic mass is 16.7. The SMILES string of the molecule is C=C(OC(C)C)C(N)CC1(C)OCCO1. The fraction of sp³-hybridized carbons (Fsp3) is 0.818. The summed E-state index contributed by atoms with van der Waals surface area (Å²) in [5.74, 6) is 0.00761. The molecule has 1 aliphatic rings. The summed E-state index contributed by atoms with van der Waals surface area (Å²) in [6.07, 6.45) is 0.667. The summed E-state index contributed by atoms with van der Waals surface area (Å²) in [5, 5.41) is 0. The van der Waals surface area contributed by atoms with Gasteiger partial charge in [0.05, 0.1) is 25.4 Å². The van der Waals surface area contributed by atoms with Crippen LogP contribution in [0.4, 0.5) is 0 Å². The second kappa shape index (κ2) is 4.96. The molecule has 1 unspecified atom stereocenters.